The van der Waals surface area contributed by atoms with E-state index in [0.717, 1.165) is 36.7 Å². The molecule has 0 aliphatic carbocycles. The first kappa shape index (κ1) is 22.4. The third-order valence-corrected chi connectivity index (χ3v) is 5.38. The van der Waals surface area contributed by atoms with E-state index in [9.17, 15) is 9.59 Å². The van der Waals surface area contributed by atoms with Crippen molar-refractivity contribution < 1.29 is 14.3 Å². The fourth-order valence-corrected chi connectivity index (χ4v) is 3.46. The molecule has 31 heavy (non-hydrogen) atoms. The number of anilines is 3. The van der Waals surface area contributed by atoms with E-state index >= 15 is 0 Å². The summed E-state index contributed by atoms with van der Waals surface area (Å²) in [6.45, 7) is 7.86. The molecule has 8 heteroatoms. The summed E-state index contributed by atoms with van der Waals surface area (Å²) in [4.78, 5) is 35.1. The molecule has 1 saturated heterocycles. The van der Waals surface area contributed by atoms with Crippen molar-refractivity contribution in [2.24, 2.45) is 0 Å². The Morgan fingerprint density at radius 1 is 1.13 bits per heavy atom. The number of esters is 1. The summed E-state index contributed by atoms with van der Waals surface area (Å²) in [6.07, 6.45) is 2.39. The molecule has 0 atom stereocenters. The second kappa shape index (κ2) is 10.7. The normalized spacial score (nSPS) is 14.0. The van der Waals surface area contributed by atoms with Crippen molar-refractivity contribution in [2.75, 3.05) is 61.5 Å². The van der Waals surface area contributed by atoms with Crippen LogP contribution in [-0.2, 0) is 4.74 Å². The van der Waals surface area contributed by atoms with Gasteiger partial charge in [0, 0.05) is 57.3 Å². The van der Waals surface area contributed by atoms with Gasteiger partial charge >= 0.3 is 12.0 Å². The van der Waals surface area contributed by atoms with E-state index in [1.807, 2.05) is 42.3 Å². The molecule has 0 bridgehead atoms. The fourth-order valence-electron chi connectivity index (χ4n) is 3.46. The van der Waals surface area contributed by atoms with Crippen molar-refractivity contribution in [3.05, 3.63) is 48.2 Å². The van der Waals surface area contributed by atoms with Gasteiger partial charge in [-0.1, -0.05) is 6.07 Å². The Labute approximate surface area is 183 Å². The number of pyridine rings is 1. The molecule has 8 nitrogen and oxygen atoms in total. The lowest BCUT2D eigenvalue weighted by Crippen LogP contribution is -2.38. The maximum Gasteiger partial charge on any atom is 0.339 e. The number of nitrogens with one attached hydrogen (secondary N) is 1. The minimum atomic E-state index is -0.366. The average Bonchev–Trinajstić information content (AvgIpc) is 3.05. The van der Waals surface area contributed by atoms with Crippen LogP contribution in [0.1, 0.15) is 30.6 Å². The molecule has 3 rings (SSSR count). The van der Waals surface area contributed by atoms with Crippen LogP contribution in [0.25, 0.3) is 0 Å². The molecule has 0 saturated carbocycles. The van der Waals surface area contributed by atoms with E-state index in [4.69, 9.17) is 4.74 Å². The third-order valence-electron chi connectivity index (χ3n) is 5.38. The van der Waals surface area contributed by atoms with Gasteiger partial charge in [0.15, 0.2) is 0 Å². The van der Waals surface area contributed by atoms with Crippen LogP contribution >= 0.6 is 0 Å². The zero-order valence-electron chi connectivity index (χ0n) is 18.5. The Kier molecular flexibility index (Phi) is 7.70. The summed E-state index contributed by atoms with van der Waals surface area (Å²) in [5.41, 5.74) is 2.30. The number of carbonyl (C=O) groups excluding carboxylic acids is 2. The smallest absolute Gasteiger partial charge is 0.339 e. The molecule has 1 N–H and O–H groups in total. The van der Waals surface area contributed by atoms with Crippen molar-refractivity contribution in [3.8, 4) is 0 Å². The van der Waals surface area contributed by atoms with Gasteiger partial charge in [0.2, 0.25) is 0 Å². The molecule has 1 aromatic heterocycles. The standard InChI is InChI=1S/C23H31N5O3/c1-4-26(3)20-9-6-8-19(16-20)25-23(30)28-13-7-12-27(14-15-28)21-11-10-18(17-24-21)22(29)31-5-2/h6,8-11,16-17H,4-5,7,12-15H2,1-3H3,(H,25,30). The number of ether oxygens (including phenoxy) is 1. The molecular formula is C23H31N5O3. The van der Waals surface area contributed by atoms with Gasteiger partial charge in [-0.25, -0.2) is 14.6 Å². The molecule has 166 valence electrons. The Bertz CT molecular complexity index is 887. The van der Waals surface area contributed by atoms with Gasteiger partial charge in [0.1, 0.15) is 5.82 Å². The zero-order chi connectivity index (χ0) is 22.2. The van der Waals surface area contributed by atoms with Crippen LogP contribution in [0, 0.1) is 0 Å². The topological polar surface area (TPSA) is 78.0 Å². The number of rotatable bonds is 6. The van der Waals surface area contributed by atoms with Crippen molar-refractivity contribution in [2.45, 2.75) is 20.3 Å². The Morgan fingerprint density at radius 3 is 2.68 bits per heavy atom. The minimum Gasteiger partial charge on any atom is -0.462 e. The number of urea groups is 1. The van der Waals surface area contributed by atoms with E-state index < -0.39 is 0 Å². The van der Waals surface area contributed by atoms with E-state index in [1.54, 1.807) is 19.2 Å². The number of amides is 2. The highest BCUT2D eigenvalue weighted by Gasteiger charge is 2.20. The van der Waals surface area contributed by atoms with Gasteiger partial charge in [0.25, 0.3) is 0 Å². The second-order valence-electron chi connectivity index (χ2n) is 7.45. The van der Waals surface area contributed by atoms with Gasteiger partial charge in [-0.15, -0.1) is 0 Å². The molecule has 1 fully saturated rings. The molecule has 2 amide bonds. The summed E-state index contributed by atoms with van der Waals surface area (Å²) < 4.78 is 5.00. The highest BCUT2D eigenvalue weighted by Crippen LogP contribution is 2.19. The Balaban J connectivity index is 1.58. The number of nitrogens with zero attached hydrogens (tertiary/aromatic N) is 4. The number of benzene rings is 1. The fraction of sp³-hybridized carbons (Fsp3) is 0.435. The van der Waals surface area contributed by atoms with Crippen LogP contribution in [0.2, 0.25) is 0 Å². The molecule has 1 aromatic carbocycles. The maximum atomic E-state index is 12.8. The van der Waals surface area contributed by atoms with Crippen molar-refractivity contribution in [3.63, 3.8) is 0 Å². The van der Waals surface area contributed by atoms with E-state index in [0.29, 0.717) is 31.8 Å². The van der Waals surface area contributed by atoms with Gasteiger partial charge < -0.3 is 24.8 Å². The van der Waals surface area contributed by atoms with Gasteiger partial charge in [-0.05, 0) is 50.6 Å². The van der Waals surface area contributed by atoms with Crippen molar-refractivity contribution in [1.29, 1.82) is 0 Å². The molecule has 2 heterocycles. The highest BCUT2D eigenvalue weighted by atomic mass is 16.5. The molecule has 1 aliphatic heterocycles. The molecule has 0 radical (unpaired) electrons. The molecular weight excluding hydrogens is 394 g/mol. The summed E-state index contributed by atoms with van der Waals surface area (Å²) in [7, 11) is 2.03. The van der Waals surface area contributed by atoms with E-state index in [1.165, 1.54) is 0 Å². The average molecular weight is 426 g/mol. The lowest BCUT2D eigenvalue weighted by molar-refractivity contribution is 0.0526. The quantitative estimate of drug-likeness (QED) is 0.714. The first-order valence-electron chi connectivity index (χ1n) is 10.8. The van der Waals surface area contributed by atoms with Crippen LogP contribution in [0.15, 0.2) is 42.6 Å². The van der Waals surface area contributed by atoms with Crippen molar-refractivity contribution in [1.82, 2.24) is 9.88 Å². The van der Waals surface area contributed by atoms with Crippen LogP contribution in [0.3, 0.4) is 0 Å². The van der Waals surface area contributed by atoms with E-state index in [2.05, 4.69) is 27.0 Å². The molecule has 1 aliphatic rings. The number of carbonyl (C=O) groups is 2. The Hall–Kier alpha value is -3.29. The summed E-state index contributed by atoms with van der Waals surface area (Å²) in [6, 6.07) is 11.3. The third kappa shape index (κ3) is 5.87. The number of aromatic nitrogens is 1. The SMILES string of the molecule is CCOC(=O)c1ccc(N2CCCN(C(=O)Nc3cccc(N(C)CC)c3)CC2)nc1. The highest BCUT2D eigenvalue weighted by molar-refractivity contribution is 5.90. The largest absolute Gasteiger partial charge is 0.462 e. The van der Waals surface area contributed by atoms with Gasteiger partial charge in [0.05, 0.1) is 12.2 Å². The number of hydrogen-bond acceptors (Lipinski definition) is 6. The minimum absolute atomic E-state index is 0.0937. The van der Waals surface area contributed by atoms with Gasteiger partial charge in [-0.3, -0.25) is 0 Å². The van der Waals surface area contributed by atoms with Gasteiger partial charge in [-0.2, -0.15) is 0 Å². The number of hydrogen-bond donors (Lipinski definition) is 1. The monoisotopic (exact) mass is 425 g/mol. The summed E-state index contributed by atoms with van der Waals surface area (Å²) in [5.74, 6) is 0.431. The lowest BCUT2D eigenvalue weighted by Gasteiger charge is -2.23. The molecule has 2 aromatic rings. The predicted molar refractivity (Wildman–Crippen MR) is 123 cm³/mol. The van der Waals surface area contributed by atoms with E-state index in [-0.39, 0.29) is 12.0 Å². The summed E-state index contributed by atoms with van der Waals surface area (Å²) >= 11 is 0. The molecule has 0 spiro atoms. The second-order valence-corrected chi connectivity index (χ2v) is 7.45. The maximum absolute atomic E-state index is 12.8. The first-order valence-corrected chi connectivity index (χ1v) is 10.8. The zero-order valence-corrected chi connectivity index (χ0v) is 18.5. The van der Waals surface area contributed by atoms with Crippen LogP contribution in [0.5, 0.6) is 0 Å². The summed E-state index contributed by atoms with van der Waals surface area (Å²) in [5, 5.41) is 3.02. The van der Waals surface area contributed by atoms with Crippen LogP contribution < -0.4 is 15.1 Å². The Morgan fingerprint density at radius 2 is 1.97 bits per heavy atom. The first-order chi connectivity index (χ1) is 15.0. The van der Waals surface area contributed by atoms with Crippen LogP contribution in [-0.4, -0.2) is 68.3 Å². The van der Waals surface area contributed by atoms with Crippen molar-refractivity contribution >= 4 is 29.2 Å². The predicted octanol–water partition coefficient (Wildman–Crippen LogP) is 3.46. The van der Waals surface area contributed by atoms with Crippen LogP contribution in [0.4, 0.5) is 22.0 Å². The lowest BCUT2D eigenvalue weighted by atomic mass is 10.2. The molecule has 0 unspecified atom stereocenters.